The van der Waals surface area contributed by atoms with Crippen molar-refractivity contribution in [3.8, 4) is 11.5 Å². The fraction of sp³-hybridized carbons (Fsp3) is 0.333. The number of aryl methyl sites for hydroxylation is 1. The van der Waals surface area contributed by atoms with Crippen LogP contribution in [0.3, 0.4) is 0 Å². The summed E-state index contributed by atoms with van der Waals surface area (Å²) in [6.07, 6.45) is 0. The molecule has 27 heavy (non-hydrogen) atoms. The molecule has 2 aromatic heterocycles. The molecule has 0 saturated carbocycles. The number of halogens is 2. The SMILES string of the molecule is COc1cc(CN(C)Cc2cc(=O)n3c(C)csc3n2)ccc1OC(F)F. The summed E-state index contributed by atoms with van der Waals surface area (Å²) in [7, 11) is 3.29. The largest absolute Gasteiger partial charge is 0.493 e. The quantitative estimate of drug-likeness (QED) is 0.614. The van der Waals surface area contributed by atoms with Crippen LogP contribution in [0.5, 0.6) is 11.5 Å². The van der Waals surface area contributed by atoms with Gasteiger partial charge in [0.05, 0.1) is 12.8 Å². The Balaban J connectivity index is 1.74. The van der Waals surface area contributed by atoms with E-state index in [9.17, 15) is 13.6 Å². The molecule has 0 saturated heterocycles. The third kappa shape index (κ3) is 4.42. The monoisotopic (exact) mass is 395 g/mol. The Bertz CT molecular complexity index is 1000. The maximum Gasteiger partial charge on any atom is 0.387 e. The average molecular weight is 395 g/mol. The number of ether oxygens (including phenoxy) is 2. The Hall–Kier alpha value is -2.52. The van der Waals surface area contributed by atoms with Crippen molar-refractivity contribution in [2.75, 3.05) is 14.2 Å². The number of fused-ring (bicyclic) bond motifs is 1. The van der Waals surface area contributed by atoms with Crippen LogP contribution in [0.15, 0.2) is 34.4 Å². The summed E-state index contributed by atoms with van der Waals surface area (Å²) < 4.78 is 36.0. The summed E-state index contributed by atoms with van der Waals surface area (Å²) in [4.78, 5) is 19.4. The fourth-order valence-electron chi connectivity index (χ4n) is 2.83. The van der Waals surface area contributed by atoms with Gasteiger partial charge in [-0.2, -0.15) is 8.78 Å². The Morgan fingerprint density at radius 1 is 1.26 bits per heavy atom. The second-order valence-corrected chi connectivity index (χ2v) is 6.95. The summed E-state index contributed by atoms with van der Waals surface area (Å²) in [6.45, 7) is -0.0444. The third-order valence-corrected chi connectivity index (χ3v) is 4.90. The van der Waals surface area contributed by atoms with Crippen LogP contribution in [0.25, 0.3) is 4.96 Å². The van der Waals surface area contributed by atoms with Crippen molar-refractivity contribution >= 4 is 16.3 Å². The number of hydrogen-bond acceptors (Lipinski definition) is 6. The Labute approximate surface area is 158 Å². The molecule has 6 nitrogen and oxygen atoms in total. The highest BCUT2D eigenvalue weighted by Crippen LogP contribution is 2.29. The van der Waals surface area contributed by atoms with E-state index in [1.807, 2.05) is 24.3 Å². The molecule has 144 valence electrons. The fourth-order valence-corrected chi connectivity index (χ4v) is 3.72. The molecule has 0 fully saturated rings. The lowest BCUT2D eigenvalue weighted by atomic mass is 10.2. The van der Waals surface area contributed by atoms with E-state index in [0.29, 0.717) is 23.7 Å². The molecule has 0 aliphatic heterocycles. The topological polar surface area (TPSA) is 56.1 Å². The number of aromatic nitrogens is 2. The highest BCUT2D eigenvalue weighted by atomic mass is 32.1. The number of rotatable bonds is 7. The molecule has 0 unspecified atom stereocenters. The lowest BCUT2D eigenvalue weighted by Crippen LogP contribution is -2.21. The van der Waals surface area contributed by atoms with Gasteiger partial charge in [0, 0.05) is 30.2 Å². The molecule has 0 spiro atoms. The minimum absolute atomic E-state index is 0.00731. The molecular weight excluding hydrogens is 376 g/mol. The van der Waals surface area contributed by atoms with Crippen molar-refractivity contribution in [3.63, 3.8) is 0 Å². The predicted octanol–water partition coefficient (Wildman–Crippen LogP) is 3.31. The number of thiazole rings is 1. The van der Waals surface area contributed by atoms with Gasteiger partial charge in [-0.25, -0.2) is 4.98 Å². The van der Waals surface area contributed by atoms with Crippen LogP contribution in [0, 0.1) is 6.92 Å². The molecule has 0 amide bonds. The summed E-state index contributed by atoms with van der Waals surface area (Å²) in [5.41, 5.74) is 2.30. The zero-order valence-corrected chi connectivity index (χ0v) is 15.9. The average Bonchev–Trinajstić information content (AvgIpc) is 2.97. The molecule has 0 aliphatic rings. The van der Waals surface area contributed by atoms with Crippen molar-refractivity contribution in [1.29, 1.82) is 0 Å². The number of methoxy groups -OCH3 is 1. The zero-order valence-electron chi connectivity index (χ0n) is 15.1. The first-order chi connectivity index (χ1) is 12.9. The van der Waals surface area contributed by atoms with Crippen LogP contribution in [0.2, 0.25) is 0 Å². The maximum atomic E-state index is 12.4. The molecule has 1 aromatic carbocycles. The van der Waals surface area contributed by atoms with E-state index in [1.165, 1.54) is 30.6 Å². The predicted molar refractivity (Wildman–Crippen MR) is 98.9 cm³/mol. The minimum Gasteiger partial charge on any atom is -0.493 e. The van der Waals surface area contributed by atoms with Crippen molar-refractivity contribution < 1.29 is 18.3 Å². The molecule has 2 heterocycles. The van der Waals surface area contributed by atoms with E-state index in [2.05, 4.69) is 9.72 Å². The van der Waals surface area contributed by atoms with Crippen LogP contribution in [0.1, 0.15) is 17.0 Å². The van der Waals surface area contributed by atoms with Gasteiger partial charge in [0.15, 0.2) is 16.5 Å². The molecule has 3 rings (SSSR count). The van der Waals surface area contributed by atoms with Gasteiger partial charge < -0.3 is 9.47 Å². The van der Waals surface area contributed by atoms with Crippen molar-refractivity contribution in [3.05, 3.63) is 57.0 Å². The number of nitrogens with zero attached hydrogens (tertiary/aromatic N) is 3. The van der Waals surface area contributed by atoms with Gasteiger partial charge in [0.2, 0.25) is 0 Å². The summed E-state index contributed by atoms with van der Waals surface area (Å²) in [5, 5.41) is 1.90. The third-order valence-electron chi connectivity index (χ3n) is 3.96. The molecule has 0 bridgehead atoms. The van der Waals surface area contributed by atoms with Crippen LogP contribution in [-0.2, 0) is 13.1 Å². The van der Waals surface area contributed by atoms with Gasteiger partial charge in [-0.1, -0.05) is 6.07 Å². The van der Waals surface area contributed by atoms with Gasteiger partial charge in [-0.05, 0) is 31.7 Å². The summed E-state index contributed by atoms with van der Waals surface area (Å²) in [6, 6.07) is 6.34. The second-order valence-electron chi connectivity index (χ2n) is 6.12. The summed E-state index contributed by atoms with van der Waals surface area (Å²) in [5.74, 6) is 0.236. The molecule has 0 N–H and O–H groups in total. The number of benzene rings is 1. The van der Waals surface area contributed by atoms with Gasteiger partial charge in [0.25, 0.3) is 5.56 Å². The van der Waals surface area contributed by atoms with E-state index >= 15 is 0 Å². The van der Waals surface area contributed by atoms with E-state index in [0.717, 1.165) is 11.3 Å². The summed E-state index contributed by atoms with van der Waals surface area (Å²) >= 11 is 1.43. The normalized spacial score (nSPS) is 11.5. The molecule has 0 atom stereocenters. The number of alkyl halides is 2. The molecule has 0 aliphatic carbocycles. The van der Waals surface area contributed by atoms with E-state index in [1.54, 1.807) is 16.5 Å². The van der Waals surface area contributed by atoms with Crippen LogP contribution < -0.4 is 15.0 Å². The maximum absolute atomic E-state index is 12.4. The Morgan fingerprint density at radius 3 is 2.74 bits per heavy atom. The highest BCUT2D eigenvalue weighted by molar-refractivity contribution is 7.15. The van der Waals surface area contributed by atoms with E-state index in [4.69, 9.17) is 4.74 Å². The Morgan fingerprint density at radius 2 is 2.04 bits per heavy atom. The molecular formula is C18H19F2N3O3S. The first-order valence-corrected chi connectivity index (χ1v) is 9.02. The molecule has 9 heteroatoms. The highest BCUT2D eigenvalue weighted by Gasteiger charge is 2.13. The van der Waals surface area contributed by atoms with Gasteiger partial charge >= 0.3 is 6.61 Å². The standard InChI is InChI=1S/C18H19F2N3O3S/c1-11-10-27-18-21-13(7-16(24)23(11)18)9-22(2)8-12-4-5-14(26-17(19)20)15(6-12)25-3/h4-7,10,17H,8-9H2,1-3H3. The van der Waals surface area contributed by atoms with Gasteiger partial charge in [-0.3, -0.25) is 14.1 Å². The van der Waals surface area contributed by atoms with Crippen LogP contribution in [0.4, 0.5) is 8.78 Å². The van der Waals surface area contributed by atoms with Gasteiger partial charge in [-0.15, -0.1) is 11.3 Å². The van der Waals surface area contributed by atoms with Crippen molar-refractivity contribution in [1.82, 2.24) is 14.3 Å². The first-order valence-electron chi connectivity index (χ1n) is 8.14. The van der Waals surface area contributed by atoms with E-state index < -0.39 is 6.61 Å². The molecule has 3 aromatic rings. The lowest BCUT2D eigenvalue weighted by molar-refractivity contribution is -0.0512. The second kappa shape index (κ2) is 8.01. The van der Waals surface area contributed by atoms with Crippen molar-refractivity contribution in [2.45, 2.75) is 26.6 Å². The minimum atomic E-state index is -2.91. The van der Waals surface area contributed by atoms with Gasteiger partial charge in [0.1, 0.15) is 0 Å². The molecule has 0 radical (unpaired) electrons. The smallest absolute Gasteiger partial charge is 0.387 e. The van der Waals surface area contributed by atoms with Crippen LogP contribution in [-0.4, -0.2) is 35.1 Å². The zero-order chi connectivity index (χ0) is 19.6. The van der Waals surface area contributed by atoms with E-state index in [-0.39, 0.29) is 17.1 Å². The Kier molecular flexibility index (Phi) is 5.71. The van der Waals surface area contributed by atoms with Crippen LogP contribution >= 0.6 is 11.3 Å². The van der Waals surface area contributed by atoms with Crippen molar-refractivity contribution in [2.24, 2.45) is 0 Å². The first kappa shape index (κ1) is 19.2. The number of hydrogen-bond donors (Lipinski definition) is 0. The lowest BCUT2D eigenvalue weighted by Gasteiger charge is -2.17.